The Balaban J connectivity index is 2.55. The minimum atomic E-state index is 0.0752. The largest absolute Gasteiger partial charge is 0.360 e. The predicted molar refractivity (Wildman–Crippen MR) is 43.7 cm³/mol. The van der Waals surface area contributed by atoms with E-state index in [0.29, 0.717) is 4.90 Å². The van der Waals surface area contributed by atoms with Gasteiger partial charge in [-0.25, -0.2) is 4.79 Å². The second-order valence-corrected chi connectivity index (χ2v) is 3.38. The van der Waals surface area contributed by atoms with E-state index in [1.165, 1.54) is 11.8 Å². The minimum absolute atomic E-state index is 0.0752. The maximum absolute atomic E-state index is 11.1. The number of quaternary nitrogens is 1. The van der Waals surface area contributed by atoms with Crippen LogP contribution in [0, 0.1) is 7.05 Å². The summed E-state index contributed by atoms with van der Waals surface area (Å²) in [5.41, 5.74) is 0.988. The number of fused-ring (bicyclic) bond motifs is 1. The van der Waals surface area contributed by atoms with Crippen molar-refractivity contribution >= 4 is 22.7 Å². The third-order valence-corrected chi connectivity index (χ3v) is 2.67. The molecule has 0 aromatic heterocycles. The maximum Gasteiger partial charge on any atom is 0.357 e. The van der Waals surface area contributed by atoms with Gasteiger partial charge in [-0.2, -0.15) is 0 Å². The molecule has 2 nitrogen and oxygen atoms in total. The summed E-state index contributed by atoms with van der Waals surface area (Å²) in [6.45, 7) is 0. The Hall–Kier alpha value is -0.800. The molecular formula is C8H7NOS. The molecule has 0 fully saturated rings. The molecule has 2 rings (SSSR count). The van der Waals surface area contributed by atoms with Gasteiger partial charge in [0.15, 0.2) is 0 Å². The summed E-state index contributed by atoms with van der Waals surface area (Å²) in [6, 6.07) is 7.71. The summed E-state index contributed by atoms with van der Waals surface area (Å²) in [4.78, 5) is 12.8. The number of carbonyl (C=O) groups is 1. The lowest BCUT2D eigenvalue weighted by atomic mass is 10.3. The zero-order valence-corrected chi connectivity index (χ0v) is 6.65. The smallest absolute Gasteiger partial charge is 0.357 e. The van der Waals surface area contributed by atoms with Gasteiger partial charge in [0.1, 0.15) is 5.69 Å². The number of thioether (sulfide) groups is 1. The molecule has 0 spiro atoms. The summed E-state index contributed by atoms with van der Waals surface area (Å²) >= 11 is 1.26. The van der Waals surface area contributed by atoms with Crippen LogP contribution in [-0.2, 0) is 0 Å². The highest BCUT2D eigenvalue weighted by atomic mass is 32.2. The van der Waals surface area contributed by atoms with Crippen LogP contribution >= 0.6 is 11.8 Å². The molecular weight excluding hydrogens is 158 g/mol. The molecule has 56 valence electrons. The summed E-state index contributed by atoms with van der Waals surface area (Å²) in [5, 5.41) is 0.0752. The van der Waals surface area contributed by atoms with Gasteiger partial charge in [0.05, 0.1) is 4.90 Å². The number of carbonyl (C=O) groups excluding carboxylic acids is 1. The quantitative estimate of drug-likeness (QED) is 0.584. The van der Waals surface area contributed by atoms with Gasteiger partial charge in [0.2, 0.25) is 0 Å². The second kappa shape index (κ2) is 2.36. The van der Waals surface area contributed by atoms with Crippen molar-refractivity contribution in [3.8, 4) is 0 Å². The number of amides is 1. The van der Waals surface area contributed by atoms with Gasteiger partial charge < -0.3 is 4.90 Å². The molecule has 1 N–H and O–H groups in total. The van der Waals surface area contributed by atoms with Crippen LogP contribution in [-0.4, -0.2) is 5.24 Å². The topological polar surface area (TPSA) is 21.5 Å². The van der Waals surface area contributed by atoms with E-state index in [1.54, 1.807) is 0 Å². The van der Waals surface area contributed by atoms with Crippen molar-refractivity contribution in [3.63, 3.8) is 0 Å². The van der Waals surface area contributed by atoms with Crippen LogP contribution in [0.3, 0.4) is 0 Å². The van der Waals surface area contributed by atoms with Crippen LogP contribution in [0.4, 0.5) is 10.5 Å². The summed E-state index contributed by atoms with van der Waals surface area (Å²) in [5.74, 6) is 0. The number of rotatable bonds is 0. The van der Waals surface area contributed by atoms with E-state index in [-0.39, 0.29) is 5.24 Å². The summed E-state index contributed by atoms with van der Waals surface area (Å²) < 4.78 is 0. The van der Waals surface area contributed by atoms with Crippen molar-refractivity contribution in [3.05, 3.63) is 31.3 Å². The van der Waals surface area contributed by atoms with E-state index in [2.05, 4.69) is 7.05 Å². The molecule has 1 aliphatic rings. The van der Waals surface area contributed by atoms with Crippen molar-refractivity contribution in [2.45, 2.75) is 4.90 Å². The predicted octanol–water partition coefficient (Wildman–Crippen LogP) is 1.22. The molecule has 0 saturated heterocycles. The van der Waals surface area contributed by atoms with E-state index in [1.807, 2.05) is 24.3 Å². The lowest BCUT2D eigenvalue weighted by Gasteiger charge is -2.07. The first kappa shape index (κ1) is 6.88. The lowest BCUT2D eigenvalue weighted by molar-refractivity contribution is -0.678. The Morgan fingerprint density at radius 3 is 2.82 bits per heavy atom. The van der Waals surface area contributed by atoms with Crippen LogP contribution < -0.4 is 4.90 Å². The number of nitrogens with one attached hydrogen (secondary N) is 1. The first-order valence-electron chi connectivity index (χ1n) is 3.29. The SMILES string of the molecule is [CH2-][NH+]1C(=O)Sc2ccccc21. The molecule has 1 heterocycles. The highest BCUT2D eigenvalue weighted by Crippen LogP contribution is 2.29. The molecule has 0 aliphatic carbocycles. The Morgan fingerprint density at radius 1 is 1.36 bits per heavy atom. The van der Waals surface area contributed by atoms with Crippen LogP contribution in [0.2, 0.25) is 0 Å². The van der Waals surface area contributed by atoms with E-state index < -0.39 is 0 Å². The number of hydrogen-bond acceptors (Lipinski definition) is 2. The van der Waals surface area contributed by atoms with E-state index in [4.69, 9.17) is 0 Å². The standard InChI is InChI=1S/C8H7NOS/c1-9-6-4-2-3-5-7(6)11-8(9)10/h2-5,9H,1H2. The zero-order valence-electron chi connectivity index (χ0n) is 5.83. The van der Waals surface area contributed by atoms with Gasteiger partial charge in [-0.1, -0.05) is 12.1 Å². The number of para-hydroxylation sites is 1. The van der Waals surface area contributed by atoms with Gasteiger partial charge >= 0.3 is 5.24 Å². The highest BCUT2D eigenvalue weighted by Gasteiger charge is 2.26. The lowest BCUT2D eigenvalue weighted by Crippen LogP contribution is -3.02. The molecule has 1 unspecified atom stereocenters. The number of benzene rings is 1. The monoisotopic (exact) mass is 165 g/mol. The average Bonchev–Trinajstić information content (AvgIpc) is 2.30. The zero-order chi connectivity index (χ0) is 7.84. The van der Waals surface area contributed by atoms with Crippen LogP contribution in [0.1, 0.15) is 0 Å². The van der Waals surface area contributed by atoms with Crippen molar-refractivity contribution in [1.29, 1.82) is 0 Å². The Kier molecular flexibility index (Phi) is 1.47. The van der Waals surface area contributed by atoms with Gasteiger partial charge in [-0.3, -0.25) is 0 Å². The molecule has 1 amide bonds. The van der Waals surface area contributed by atoms with Crippen LogP contribution in [0.15, 0.2) is 29.2 Å². The summed E-state index contributed by atoms with van der Waals surface area (Å²) in [6.07, 6.45) is 0. The number of hydrogen-bond donors (Lipinski definition) is 1. The summed E-state index contributed by atoms with van der Waals surface area (Å²) in [7, 11) is 3.71. The van der Waals surface area contributed by atoms with Gasteiger partial charge in [-0.05, 0) is 12.1 Å². The van der Waals surface area contributed by atoms with Crippen molar-refractivity contribution in [2.75, 3.05) is 0 Å². The Bertz CT molecular complexity index is 311. The van der Waals surface area contributed by atoms with Crippen molar-refractivity contribution < 1.29 is 9.69 Å². The minimum Gasteiger partial charge on any atom is -0.360 e. The fraction of sp³-hybridized carbons (Fsp3) is 0. The van der Waals surface area contributed by atoms with Crippen molar-refractivity contribution in [1.82, 2.24) is 0 Å². The molecule has 1 aromatic rings. The van der Waals surface area contributed by atoms with Crippen LogP contribution in [0.5, 0.6) is 0 Å². The van der Waals surface area contributed by atoms with E-state index >= 15 is 0 Å². The third kappa shape index (κ3) is 0.968. The van der Waals surface area contributed by atoms with E-state index in [0.717, 1.165) is 10.6 Å². The molecule has 0 bridgehead atoms. The van der Waals surface area contributed by atoms with Crippen LogP contribution in [0.25, 0.3) is 0 Å². The van der Waals surface area contributed by atoms with Gasteiger partial charge in [0.25, 0.3) is 0 Å². The average molecular weight is 165 g/mol. The van der Waals surface area contributed by atoms with Gasteiger partial charge in [-0.15, -0.1) is 7.05 Å². The first-order chi connectivity index (χ1) is 5.29. The molecule has 11 heavy (non-hydrogen) atoms. The Labute approximate surface area is 69.2 Å². The molecule has 1 aliphatic heterocycles. The third-order valence-electron chi connectivity index (χ3n) is 1.66. The fourth-order valence-corrected chi connectivity index (χ4v) is 1.96. The normalized spacial score (nSPS) is 21.9. The molecule has 1 aromatic carbocycles. The molecule has 0 radical (unpaired) electrons. The second-order valence-electron chi connectivity index (χ2n) is 2.36. The Morgan fingerprint density at radius 2 is 2.09 bits per heavy atom. The van der Waals surface area contributed by atoms with E-state index in [9.17, 15) is 4.79 Å². The molecule has 1 atom stereocenters. The van der Waals surface area contributed by atoms with Gasteiger partial charge in [0, 0.05) is 11.8 Å². The highest BCUT2D eigenvalue weighted by molar-refractivity contribution is 8.13. The molecule has 3 heteroatoms. The molecule has 0 saturated carbocycles. The first-order valence-corrected chi connectivity index (χ1v) is 4.11. The fourth-order valence-electron chi connectivity index (χ4n) is 1.08. The van der Waals surface area contributed by atoms with Crippen molar-refractivity contribution in [2.24, 2.45) is 0 Å². The maximum atomic E-state index is 11.1.